The molecule has 0 unspecified atom stereocenters. The van der Waals surface area contributed by atoms with Crippen LogP contribution < -0.4 is 5.84 Å². The summed E-state index contributed by atoms with van der Waals surface area (Å²) >= 11 is 0. The molecule has 0 spiro atoms. The number of nitrogens with two attached hydrogens (primary N) is 1. The van der Waals surface area contributed by atoms with Gasteiger partial charge in [0.15, 0.2) is 5.82 Å². The zero-order valence-corrected chi connectivity index (χ0v) is 7.38. The Morgan fingerprint density at radius 1 is 1.54 bits per heavy atom. The second-order valence-corrected chi connectivity index (χ2v) is 2.35. The number of aryl methyl sites for hydroxylation is 1. The van der Waals surface area contributed by atoms with E-state index in [9.17, 15) is 0 Å². The number of aliphatic imine (C=N–C) groups is 1. The molecule has 0 aliphatic carbocycles. The third kappa shape index (κ3) is 2.98. The van der Waals surface area contributed by atoms with Crippen LogP contribution in [-0.4, -0.2) is 11.3 Å². The Bertz CT molecular complexity index is 301. The Labute approximate surface area is 76.4 Å². The van der Waals surface area contributed by atoms with Gasteiger partial charge in [0.25, 0.3) is 0 Å². The predicted molar refractivity (Wildman–Crippen MR) is 50.8 cm³/mol. The molecular formula is C8H11N5. The van der Waals surface area contributed by atoms with Crippen LogP contribution in [0.5, 0.6) is 0 Å². The van der Waals surface area contributed by atoms with Crippen molar-refractivity contribution in [2.45, 2.75) is 13.3 Å². The van der Waals surface area contributed by atoms with Gasteiger partial charge in [0.05, 0.1) is 0 Å². The SMILES string of the molecule is CCc1ccc(N=CN=NN)nc1. The maximum absolute atomic E-state index is 4.78. The second-order valence-electron chi connectivity index (χ2n) is 2.35. The maximum atomic E-state index is 4.78. The molecule has 0 atom stereocenters. The monoisotopic (exact) mass is 177 g/mol. The molecule has 0 aliphatic rings. The Morgan fingerprint density at radius 3 is 2.92 bits per heavy atom. The van der Waals surface area contributed by atoms with Crippen molar-refractivity contribution in [3.8, 4) is 0 Å². The molecule has 68 valence electrons. The molecule has 1 aromatic heterocycles. The van der Waals surface area contributed by atoms with E-state index in [1.54, 1.807) is 6.20 Å². The van der Waals surface area contributed by atoms with E-state index in [-0.39, 0.29) is 0 Å². The molecular weight excluding hydrogens is 166 g/mol. The summed E-state index contributed by atoms with van der Waals surface area (Å²) in [6.45, 7) is 2.07. The molecule has 0 aliphatic heterocycles. The average Bonchev–Trinajstić information content (AvgIpc) is 2.19. The smallest absolute Gasteiger partial charge is 0.153 e. The van der Waals surface area contributed by atoms with E-state index in [0.29, 0.717) is 5.82 Å². The standard InChI is InChI=1S/C8H11N5/c1-2-7-3-4-8(10-5-7)11-6-12-13-9/h3-6H,2H2,1H3,(H2,9,10,11,12). The molecule has 13 heavy (non-hydrogen) atoms. The molecule has 0 bridgehead atoms. The molecule has 1 heterocycles. The molecule has 1 rings (SSSR count). The van der Waals surface area contributed by atoms with Gasteiger partial charge < -0.3 is 5.84 Å². The van der Waals surface area contributed by atoms with Crippen LogP contribution >= 0.6 is 0 Å². The Morgan fingerprint density at radius 2 is 2.38 bits per heavy atom. The van der Waals surface area contributed by atoms with Crippen molar-refractivity contribution < 1.29 is 0 Å². The molecule has 5 heteroatoms. The number of aromatic nitrogens is 1. The van der Waals surface area contributed by atoms with E-state index in [1.165, 1.54) is 11.9 Å². The third-order valence-electron chi connectivity index (χ3n) is 1.53. The van der Waals surface area contributed by atoms with Crippen molar-refractivity contribution in [3.63, 3.8) is 0 Å². The number of pyridine rings is 1. The van der Waals surface area contributed by atoms with Crippen LogP contribution in [0.15, 0.2) is 33.7 Å². The van der Waals surface area contributed by atoms with Gasteiger partial charge in [0.1, 0.15) is 6.34 Å². The lowest BCUT2D eigenvalue weighted by molar-refractivity contribution is 1.08. The van der Waals surface area contributed by atoms with E-state index in [1.807, 2.05) is 12.1 Å². The highest BCUT2D eigenvalue weighted by molar-refractivity contribution is 5.59. The van der Waals surface area contributed by atoms with E-state index >= 15 is 0 Å². The predicted octanol–water partition coefficient (Wildman–Crippen LogP) is 1.63. The zero-order valence-electron chi connectivity index (χ0n) is 7.38. The summed E-state index contributed by atoms with van der Waals surface area (Å²) in [4.78, 5) is 7.98. The first kappa shape index (κ1) is 9.31. The largest absolute Gasteiger partial charge is 0.305 e. The van der Waals surface area contributed by atoms with Crippen LogP contribution in [0.4, 0.5) is 5.82 Å². The molecule has 0 fully saturated rings. The van der Waals surface area contributed by atoms with Gasteiger partial charge in [-0.15, -0.1) is 5.11 Å². The topological polar surface area (TPSA) is 76.0 Å². The quantitative estimate of drug-likeness (QED) is 0.250. The fourth-order valence-corrected chi connectivity index (χ4v) is 0.817. The summed E-state index contributed by atoms with van der Waals surface area (Å²) in [5, 5.41) is 6.41. The molecule has 1 aromatic rings. The van der Waals surface area contributed by atoms with Gasteiger partial charge in [-0.3, -0.25) is 0 Å². The van der Waals surface area contributed by atoms with Gasteiger partial charge >= 0.3 is 0 Å². The van der Waals surface area contributed by atoms with Gasteiger partial charge in [-0.05, 0) is 18.1 Å². The average molecular weight is 177 g/mol. The Kier molecular flexibility index (Phi) is 3.56. The van der Waals surface area contributed by atoms with Crippen molar-refractivity contribution in [3.05, 3.63) is 23.9 Å². The van der Waals surface area contributed by atoms with Gasteiger partial charge in [-0.2, -0.15) is 0 Å². The van der Waals surface area contributed by atoms with Crippen LogP contribution in [0.25, 0.3) is 0 Å². The molecule has 0 saturated carbocycles. The minimum atomic E-state index is 0.601. The minimum Gasteiger partial charge on any atom is -0.305 e. The van der Waals surface area contributed by atoms with Crippen molar-refractivity contribution in [2.24, 2.45) is 21.2 Å². The Hall–Kier alpha value is -1.78. The second kappa shape index (κ2) is 4.97. The van der Waals surface area contributed by atoms with Crippen molar-refractivity contribution in [2.75, 3.05) is 0 Å². The van der Waals surface area contributed by atoms with Crippen LogP contribution in [0.1, 0.15) is 12.5 Å². The first-order valence-corrected chi connectivity index (χ1v) is 3.94. The summed E-state index contributed by atoms with van der Waals surface area (Å²) in [5.41, 5.74) is 1.18. The molecule has 0 amide bonds. The van der Waals surface area contributed by atoms with Gasteiger partial charge in [-0.25, -0.2) is 9.98 Å². The lowest BCUT2D eigenvalue weighted by Crippen LogP contribution is -1.81. The van der Waals surface area contributed by atoms with Crippen LogP contribution in [0.2, 0.25) is 0 Å². The first-order valence-electron chi connectivity index (χ1n) is 3.94. The zero-order chi connectivity index (χ0) is 9.52. The maximum Gasteiger partial charge on any atom is 0.153 e. The van der Waals surface area contributed by atoms with Crippen LogP contribution in [0.3, 0.4) is 0 Å². The van der Waals surface area contributed by atoms with Crippen LogP contribution in [0, 0.1) is 0 Å². The molecule has 0 aromatic carbocycles. The highest BCUT2D eigenvalue weighted by Gasteiger charge is 1.90. The number of hydrogen-bond donors (Lipinski definition) is 1. The van der Waals surface area contributed by atoms with E-state index < -0.39 is 0 Å². The number of nitrogens with zero attached hydrogens (tertiary/aromatic N) is 4. The van der Waals surface area contributed by atoms with Crippen molar-refractivity contribution in [1.29, 1.82) is 0 Å². The van der Waals surface area contributed by atoms with Gasteiger partial charge in [0.2, 0.25) is 0 Å². The first-order chi connectivity index (χ1) is 6.36. The molecule has 2 N–H and O–H groups in total. The van der Waals surface area contributed by atoms with Gasteiger partial charge in [-0.1, -0.05) is 18.2 Å². The normalized spacial score (nSPS) is 11.5. The van der Waals surface area contributed by atoms with E-state index in [2.05, 4.69) is 27.2 Å². The Balaban J connectivity index is 2.69. The summed E-state index contributed by atoms with van der Waals surface area (Å²) in [5.74, 6) is 5.39. The lowest BCUT2D eigenvalue weighted by Gasteiger charge is -1.94. The number of rotatable bonds is 3. The molecule has 0 saturated heterocycles. The fraction of sp³-hybridized carbons (Fsp3) is 0.250. The summed E-state index contributed by atoms with van der Waals surface area (Å²) < 4.78 is 0. The highest BCUT2D eigenvalue weighted by atomic mass is 15.3. The van der Waals surface area contributed by atoms with E-state index in [0.717, 1.165) is 6.42 Å². The summed E-state index contributed by atoms with van der Waals surface area (Å²) in [7, 11) is 0. The molecule has 5 nitrogen and oxygen atoms in total. The third-order valence-corrected chi connectivity index (χ3v) is 1.53. The van der Waals surface area contributed by atoms with E-state index in [4.69, 9.17) is 5.84 Å². The van der Waals surface area contributed by atoms with Crippen molar-refractivity contribution in [1.82, 2.24) is 4.98 Å². The lowest BCUT2D eigenvalue weighted by atomic mass is 10.2. The fourth-order valence-electron chi connectivity index (χ4n) is 0.817. The minimum absolute atomic E-state index is 0.601. The molecule has 0 radical (unpaired) electrons. The highest BCUT2D eigenvalue weighted by Crippen LogP contribution is 2.07. The number of hydrogen-bond acceptors (Lipinski definition) is 3. The summed E-state index contributed by atoms with van der Waals surface area (Å²) in [6, 6.07) is 3.79. The summed E-state index contributed by atoms with van der Waals surface area (Å²) in [6.07, 6.45) is 4.01. The van der Waals surface area contributed by atoms with Crippen molar-refractivity contribution >= 4 is 12.2 Å². The van der Waals surface area contributed by atoms with Crippen LogP contribution in [-0.2, 0) is 6.42 Å². The van der Waals surface area contributed by atoms with Gasteiger partial charge in [0, 0.05) is 6.20 Å².